The van der Waals surface area contributed by atoms with Crippen molar-refractivity contribution in [3.63, 3.8) is 0 Å². The summed E-state index contributed by atoms with van der Waals surface area (Å²) in [6.45, 7) is 0. The zero-order chi connectivity index (χ0) is 13.9. The summed E-state index contributed by atoms with van der Waals surface area (Å²) in [5, 5.41) is 13.1. The number of rotatable bonds is 2. The molecule has 0 radical (unpaired) electrons. The molecule has 3 heteroatoms. The Balaban J connectivity index is 1.63. The Hall–Kier alpha value is -1.20. The van der Waals surface area contributed by atoms with Crippen molar-refractivity contribution in [3.8, 4) is 6.07 Å². The monoisotopic (exact) mass is 288 g/mol. The van der Waals surface area contributed by atoms with Crippen molar-refractivity contribution < 1.29 is 0 Å². The van der Waals surface area contributed by atoms with Gasteiger partial charge in [0.25, 0.3) is 0 Å². The van der Waals surface area contributed by atoms with Crippen LogP contribution in [0.1, 0.15) is 50.5 Å². The predicted molar refractivity (Wildman–Crippen MR) is 82.9 cm³/mol. The first-order valence-corrected chi connectivity index (χ1v) is 8.10. The van der Waals surface area contributed by atoms with Gasteiger partial charge < -0.3 is 5.32 Å². The summed E-state index contributed by atoms with van der Waals surface area (Å²) in [6, 6.07) is 8.33. The van der Waals surface area contributed by atoms with Crippen LogP contribution in [0.4, 0.5) is 5.69 Å². The van der Waals surface area contributed by atoms with Crippen LogP contribution in [0.3, 0.4) is 0 Å². The second-order valence-corrected chi connectivity index (χ2v) is 6.67. The van der Waals surface area contributed by atoms with Crippen molar-refractivity contribution in [2.24, 2.45) is 11.8 Å². The van der Waals surface area contributed by atoms with Crippen LogP contribution >= 0.6 is 11.6 Å². The average Bonchev–Trinajstić information content (AvgIpc) is 2.47. The number of fused-ring (bicyclic) bond motifs is 1. The van der Waals surface area contributed by atoms with Crippen LogP contribution in [0.2, 0.25) is 5.02 Å². The van der Waals surface area contributed by atoms with E-state index in [9.17, 15) is 0 Å². The van der Waals surface area contributed by atoms with Crippen LogP contribution in [-0.2, 0) is 0 Å². The molecule has 1 N–H and O–H groups in total. The summed E-state index contributed by atoms with van der Waals surface area (Å²) < 4.78 is 0. The van der Waals surface area contributed by atoms with E-state index in [-0.39, 0.29) is 0 Å². The van der Waals surface area contributed by atoms with Gasteiger partial charge in [-0.1, -0.05) is 37.3 Å². The predicted octanol–water partition coefficient (Wildman–Crippen LogP) is 4.98. The molecule has 2 aliphatic rings. The maximum atomic E-state index is 8.91. The minimum atomic E-state index is 0.545. The van der Waals surface area contributed by atoms with Crippen molar-refractivity contribution in [1.29, 1.82) is 5.26 Å². The molecular formula is C17H21ClN2. The molecule has 2 fully saturated rings. The Morgan fingerprint density at radius 3 is 2.65 bits per heavy atom. The molecule has 0 aliphatic heterocycles. The van der Waals surface area contributed by atoms with Crippen molar-refractivity contribution >= 4 is 17.3 Å². The molecule has 1 aromatic carbocycles. The number of nitriles is 1. The average molecular weight is 289 g/mol. The largest absolute Gasteiger partial charge is 0.382 e. The van der Waals surface area contributed by atoms with Gasteiger partial charge in [-0.15, -0.1) is 0 Å². The molecule has 106 valence electrons. The first kappa shape index (κ1) is 13.8. The number of hydrogen-bond acceptors (Lipinski definition) is 2. The van der Waals surface area contributed by atoms with E-state index in [1.165, 1.54) is 44.9 Å². The lowest BCUT2D eigenvalue weighted by Crippen LogP contribution is -2.34. The molecule has 20 heavy (non-hydrogen) atoms. The van der Waals surface area contributed by atoms with Crippen LogP contribution < -0.4 is 5.32 Å². The van der Waals surface area contributed by atoms with E-state index in [0.717, 1.165) is 17.5 Å². The van der Waals surface area contributed by atoms with Gasteiger partial charge >= 0.3 is 0 Å². The van der Waals surface area contributed by atoms with Crippen LogP contribution in [0.5, 0.6) is 0 Å². The van der Waals surface area contributed by atoms with Crippen LogP contribution in [-0.4, -0.2) is 6.04 Å². The van der Waals surface area contributed by atoms with Crippen molar-refractivity contribution in [2.45, 2.75) is 51.0 Å². The lowest BCUT2D eigenvalue weighted by molar-refractivity contribution is 0.162. The zero-order valence-electron chi connectivity index (χ0n) is 11.7. The number of halogens is 1. The van der Waals surface area contributed by atoms with E-state index in [1.807, 2.05) is 12.1 Å². The van der Waals surface area contributed by atoms with Crippen molar-refractivity contribution in [3.05, 3.63) is 28.8 Å². The highest BCUT2D eigenvalue weighted by atomic mass is 35.5. The smallest absolute Gasteiger partial charge is 0.101 e. The number of nitrogens with zero attached hydrogens (tertiary/aromatic N) is 1. The Bertz CT molecular complexity index is 520. The third-order valence-electron chi connectivity index (χ3n) is 5.00. The van der Waals surface area contributed by atoms with E-state index in [0.29, 0.717) is 16.6 Å². The van der Waals surface area contributed by atoms with Gasteiger partial charge in [-0.25, -0.2) is 0 Å². The molecule has 2 nitrogen and oxygen atoms in total. The van der Waals surface area contributed by atoms with Crippen molar-refractivity contribution in [2.75, 3.05) is 5.32 Å². The fraction of sp³-hybridized carbons (Fsp3) is 0.588. The van der Waals surface area contributed by atoms with E-state index >= 15 is 0 Å². The molecular weight excluding hydrogens is 268 g/mol. The van der Waals surface area contributed by atoms with Gasteiger partial charge in [-0.05, 0) is 49.3 Å². The Kier molecular flexibility index (Phi) is 4.17. The molecule has 0 amide bonds. The quantitative estimate of drug-likeness (QED) is 0.833. The molecule has 0 aromatic heterocycles. The first-order valence-electron chi connectivity index (χ1n) is 7.72. The number of anilines is 1. The summed E-state index contributed by atoms with van der Waals surface area (Å²) in [6.07, 6.45) is 9.63. The maximum Gasteiger partial charge on any atom is 0.101 e. The standard InChI is InChI=1S/C17H21ClN2/c18-17-10-16(8-6-14(17)11-19)20-15-7-5-12-3-1-2-4-13(12)9-15/h6,8,10,12-13,15,20H,1-5,7,9H2. The highest BCUT2D eigenvalue weighted by molar-refractivity contribution is 6.32. The number of benzene rings is 1. The van der Waals surface area contributed by atoms with E-state index in [1.54, 1.807) is 6.07 Å². The fourth-order valence-electron chi connectivity index (χ4n) is 3.94. The molecule has 3 unspecified atom stereocenters. The molecule has 3 rings (SSSR count). The number of nitrogens with one attached hydrogen (secondary N) is 1. The normalized spacial score (nSPS) is 29.3. The fourth-order valence-corrected chi connectivity index (χ4v) is 4.16. The lowest BCUT2D eigenvalue weighted by atomic mass is 9.69. The van der Waals surface area contributed by atoms with Gasteiger partial charge in [0, 0.05) is 11.7 Å². The van der Waals surface area contributed by atoms with Gasteiger partial charge in [0.2, 0.25) is 0 Å². The van der Waals surface area contributed by atoms with Gasteiger partial charge in [-0.2, -0.15) is 5.26 Å². The first-order chi connectivity index (χ1) is 9.76. The zero-order valence-corrected chi connectivity index (χ0v) is 12.5. The Morgan fingerprint density at radius 1 is 1.10 bits per heavy atom. The van der Waals surface area contributed by atoms with Gasteiger partial charge in [0.15, 0.2) is 0 Å². The van der Waals surface area contributed by atoms with E-state index in [2.05, 4.69) is 11.4 Å². The van der Waals surface area contributed by atoms with Gasteiger partial charge in [-0.3, -0.25) is 0 Å². The minimum absolute atomic E-state index is 0.545. The second-order valence-electron chi connectivity index (χ2n) is 6.27. The third-order valence-corrected chi connectivity index (χ3v) is 5.31. The Morgan fingerprint density at radius 2 is 1.90 bits per heavy atom. The Labute approximate surface area is 126 Å². The molecule has 2 aliphatic carbocycles. The molecule has 2 saturated carbocycles. The summed E-state index contributed by atoms with van der Waals surface area (Å²) in [5.41, 5.74) is 1.60. The molecule has 0 heterocycles. The SMILES string of the molecule is N#Cc1ccc(NC2CCC3CCCCC3C2)cc1Cl. The molecule has 1 aromatic rings. The third kappa shape index (κ3) is 2.94. The lowest BCUT2D eigenvalue weighted by Gasteiger charge is -2.39. The summed E-state index contributed by atoms with van der Waals surface area (Å²) >= 11 is 6.10. The van der Waals surface area contributed by atoms with Gasteiger partial charge in [0.05, 0.1) is 10.6 Å². The molecule has 3 atom stereocenters. The number of hydrogen-bond donors (Lipinski definition) is 1. The summed E-state index contributed by atoms with van der Waals surface area (Å²) in [4.78, 5) is 0. The maximum absolute atomic E-state index is 8.91. The van der Waals surface area contributed by atoms with Crippen LogP contribution in [0.15, 0.2) is 18.2 Å². The summed E-state index contributed by atoms with van der Waals surface area (Å²) in [7, 11) is 0. The molecule has 0 bridgehead atoms. The molecule has 0 spiro atoms. The highest BCUT2D eigenvalue weighted by Crippen LogP contribution is 2.41. The topological polar surface area (TPSA) is 35.8 Å². The second kappa shape index (κ2) is 6.06. The van der Waals surface area contributed by atoms with E-state index < -0.39 is 0 Å². The molecule has 0 saturated heterocycles. The highest BCUT2D eigenvalue weighted by Gasteiger charge is 2.31. The van der Waals surface area contributed by atoms with Gasteiger partial charge in [0.1, 0.15) is 6.07 Å². The van der Waals surface area contributed by atoms with Crippen LogP contribution in [0, 0.1) is 23.2 Å². The van der Waals surface area contributed by atoms with Crippen LogP contribution in [0.25, 0.3) is 0 Å². The van der Waals surface area contributed by atoms with E-state index in [4.69, 9.17) is 16.9 Å². The minimum Gasteiger partial charge on any atom is -0.382 e. The van der Waals surface area contributed by atoms with Crippen molar-refractivity contribution in [1.82, 2.24) is 0 Å². The summed E-state index contributed by atoms with van der Waals surface area (Å²) in [5.74, 6) is 1.90.